The van der Waals surface area contributed by atoms with Gasteiger partial charge in [-0.1, -0.05) is 31.0 Å². The van der Waals surface area contributed by atoms with Gasteiger partial charge in [0.2, 0.25) is 5.91 Å². The fourth-order valence-electron chi connectivity index (χ4n) is 3.60. The topological polar surface area (TPSA) is 54.5 Å². The SMILES string of the molecule is O=C(CC1CCCC1)N1CCC(S(=O)(=O)c2ccccc2)C1. The van der Waals surface area contributed by atoms with Gasteiger partial charge in [-0.15, -0.1) is 0 Å². The maximum atomic E-state index is 12.6. The molecule has 3 rings (SSSR count). The average Bonchev–Trinajstić information content (AvgIpc) is 3.19. The molecule has 1 heterocycles. The van der Waals surface area contributed by atoms with E-state index in [1.165, 1.54) is 12.8 Å². The van der Waals surface area contributed by atoms with Gasteiger partial charge in [-0.2, -0.15) is 0 Å². The molecule has 1 aliphatic carbocycles. The third-order valence-corrected chi connectivity index (χ3v) is 7.14. The molecule has 1 atom stereocenters. The lowest BCUT2D eigenvalue weighted by Gasteiger charge is -2.19. The molecule has 1 unspecified atom stereocenters. The number of likely N-dealkylation sites (tertiary alicyclic amines) is 1. The van der Waals surface area contributed by atoms with Gasteiger partial charge in [0.05, 0.1) is 10.1 Å². The Morgan fingerprint density at radius 1 is 1.09 bits per heavy atom. The highest BCUT2D eigenvalue weighted by molar-refractivity contribution is 7.92. The fraction of sp³-hybridized carbons (Fsp3) is 0.588. The highest BCUT2D eigenvalue weighted by Crippen LogP contribution is 2.30. The summed E-state index contributed by atoms with van der Waals surface area (Å²) < 4.78 is 25.2. The van der Waals surface area contributed by atoms with Crippen molar-refractivity contribution in [1.82, 2.24) is 4.90 Å². The minimum atomic E-state index is -3.33. The average molecular weight is 321 g/mol. The van der Waals surface area contributed by atoms with Crippen molar-refractivity contribution in [3.8, 4) is 0 Å². The first-order chi connectivity index (χ1) is 10.6. The van der Waals surface area contributed by atoms with Crippen LogP contribution in [0.15, 0.2) is 35.2 Å². The molecule has 0 radical (unpaired) electrons. The first kappa shape index (κ1) is 15.5. The monoisotopic (exact) mass is 321 g/mol. The minimum absolute atomic E-state index is 0.137. The van der Waals surface area contributed by atoms with E-state index in [0.29, 0.717) is 36.7 Å². The second-order valence-corrected chi connectivity index (χ2v) is 8.69. The van der Waals surface area contributed by atoms with Crippen LogP contribution in [0.4, 0.5) is 0 Å². The summed E-state index contributed by atoms with van der Waals surface area (Å²) >= 11 is 0. The maximum Gasteiger partial charge on any atom is 0.222 e. The number of sulfone groups is 1. The number of nitrogens with zero attached hydrogens (tertiary/aromatic N) is 1. The molecule has 5 heteroatoms. The number of rotatable bonds is 4. The molecule has 1 saturated carbocycles. The van der Waals surface area contributed by atoms with E-state index in [1.807, 2.05) is 6.07 Å². The summed E-state index contributed by atoms with van der Waals surface area (Å²) in [6.07, 6.45) is 5.88. The smallest absolute Gasteiger partial charge is 0.222 e. The molecule has 120 valence electrons. The van der Waals surface area contributed by atoms with Crippen molar-refractivity contribution in [2.24, 2.45) is 5.92 Å². The summed E-state index contributed by atoms with van der Waals surface area (Å²) in [6.45, 7) is 0.922. The van der Waals surface area contributed by atoms with E-state index >= 15 is 0 Å². The summed E-state index contributed by atoms with van der Waals surface area (Å²) in [5.41, 5.74) is 0. The number of hydrogen-bond acceptors (Lipinski definition) is 3. The van der Waals surface area contributed by atoms with Crippen LogP contribution in [0.1, 0.15) is 38.5 Å². The summed E-state index contributed by atoms with van der Waals surface area (Å²) in [4.78, 5) is 14.5. The van der Waals surface area contributed by atoms with Crippen LogP contribution >= 0.6 is 0 Å². The lowest BCUT2D eigenvalue weighted by molar-refractivity contribution is -0.131. The van der Waals surface area contributed by atoms with Gasteiger partial charge >= 0.3 is 0 Å². The van der Waals surface area contributed by atoms with Gasteiger partial charge in [-0.05, 0) is 37.3 Å². The minimum Gasteiger partial charge on any atom is -0.341 e. The number of carbonyl (C=O) groups is 1. The van der Waals surface area contributed by atoms with Crippen LogP contribution < -0.4 is 0 Å². The third kappa shape index (κ3) is 3.19. The molecular weight excluding hydrogens is 298 g/mol. The largest absolute Gasteiger partial charge is 0.341 e. The van der Waals surface area contributed by atoms with Gasteiger partial charge in [0.15, 0.2) is 9.84 Å². The van der Waals surface area contributed by atoms with Crippen LogP contribution in [0.5, 0.6) is 0 Å². The molecule has 22 heavy (non-hydrogen) atoms. The van der Waals surface area contributed by atoms with Crippen molar-refractivity contribution in [3.63, 3.8) is 0 Å². The van der Waals surface area contributed by atoms with Crippen molar-refractivity contribution >= 4 is 15.7 Å². The predicted octanol–water partition coefficient (Wildman–Crippen LogP) is 2.64. The number of benzene rings is 1. The van der Waals surface area contributed by atoms with E-state index < -0.39 is 15.1 Å². The molecule has 0 spiro atoms. The van der Waals surface area contributed by atoms with Crippen LogP contribution in [-0.4, -0.2) is 37.6 Å². The molecular formula is C17H23NO3S. The van der Waals surface area contributed by atoms with Crippen LogP contribution in [0.25, 0.3) is 0 Å². The Hall–Kier alpha value is -1.36. The molecule has 4 nitrogen and oxygen atoms in total. The Labute approximate surface area is 132 Å². The van der Waals surface area contributed by atoms with E-state index in [2.05, 4.69) is 0 Å². The first-order valence-electron chi connectivity index (χ1n) is 8.14. The van der Waals surface area contributed by atoms with Gasteiger partial charge in [-0.3, -0.25) is 4.79 Å². The Balaban J connectivity index is 1.63. The summed E-state index contributed by atoms with van der Waals surface area (Å²) in [7, 11) is -3.33. The third-order valence-electron chi connectivity index (χ3n) is 4.95. The lowest BCUT2D eigenvalue weighted by Crippen LogP contribution is -2.32. The van der Waals surface area contributed by atoms with Crippen molar-refractivity contribution in [2.45, 2.75) is 48.7 Å². The molecule has 1 aliphatic heterocycles. The molecule has 1 aromatic carbocycles. The molecule has 1 aromatic rings. The summed E-state index contributed by atoms with van der Waals surface area (Å²) in [5.74, 6) is 0.648. The maximum absolute atomic E-state index is 12.6. The molecule has 1 amide bonds. The molecule has 0 bridgehead atoms. The zero-order valence-corrected chi connectivity index (χ0v) is 13.6. The molecule has 2 aliphatic rings. The van der Waals surface area contributed by atoms with Gasteiger partial charge in [0.25, 0.3) is 0 Å². The van der Waals surface area contributed by atoms with Gasteiger partial charge < -0.3 is 4.90 Å². The van der Waals surface area contributed by atoms with Gasteiger partial charge in [0.1, 0.15) is 0 Å². The first-order valence-corrected chi connectivity index (χ1v) is 9.69. The van der Waals surface area contributed by atoms with E-state index in [0.717, 1.165) is 12.8 Å². The van der Waals surface area contributed by atoms with Crippen LogP contribution in [0.2, 0.25) is 0 Å². The van der Waals surface area contributed by atoms with Crippen molar-refractivity contribution in [3.05, 3.63) is 30.3 Å². The molecule has 0 aromatic heterocycles. The molecule has 0 N–H and O–H groups in total. The van der Waals surface area contributed by atoms with E-state index in [9.17, 15) is 13.2 Å². The normalized spacial score (nSPS) is 23.1. The zero-order chi connectivity index (χ0) is 15.6. The van der Waals surface area contributed by atoms with Crippen LogP contribution in [0, 0.1) is 5.92 Å². The van der Waals surface area contributed by atoms with Crippen molar-refractivity contribution in [1.29, 1.82) is 0 Å². The second-order valence-electron chi connectivity index (χ2n) is 6.46. The lowest BCUT2D eigenvalue weighted by atomic mass is 10.0. The quantitative estimate of drug-likeness (QED) is 0.856. The van der Waals surface area contributed by atoms with Crippen molar-refractivity contribution < 1.29 is 13.2 Å². The van der Waals surface area contributed by atoms with E-state index in [4.69, 9.17) is 0 Å². The van der Waals surface area contributed by atoms with Crippen LogP contribution in [0.3, 0.4) is 0 Å². The predicted molar refractivity (Wildman–Crippen MR) is 85.2 cm³/mol. The Morgan fingerprint density at radius 2 is 1.77 bits per heavy atom. The molecule has 2 fully saturated rings. The number of hydrogen-bond donors (Lipinski definition) is 0. The summed E-state index contributed by atoms with van der Waals surface area (Å²) in [5, 5.41) is -0.456. The Bertz CT molecular complexity index is 621. The Kier molecular flexibility index (Phi) is 4.52. The molecule has 1 saturated heterocycles. The number of carbonyl (C=O) groups excluding carboxylic acids is 1. The van der Waals surface area contributed by atoms with Gasteiger partial charge in [0, 0.05) is 19.5 Å². The van der Waals surface area contributed by atoms with Crippen LogP contribution in [-0.2, 0) is 14.6 Å². The highest BCUT2D eigenvalue weighted by atomic mass is 32.2. The number of amides is 1. The standard InChI is InChI=1S/C17H23NO3S/c19-17(12-14-6-4-5-7-14)18-11-10-16(13-18)22(20,21)15-8-2-1-3-9-15/h1-3,8-9,14,16H,4-7,10-13H2. The van der Waals surface area contributed by atoms with Crippen molar-refractivity contribution in [2.75, 3.05) is 13.1 Å². The summed E-state index contributed by atoms with van der Waals surface area (Å²) in [6, 6.07) is 8.57. The zero-order valence-electron chi connectivity index (χ0n) is 12.8. The fourth-order valence-corrected chi connectivity index (χ4v) is 5.31. The highest BCUT2D eigenvalue weighted by Gasteiger charge is 2.36. The van der Waals surface area contributed by atoms with E-state index in [-0.39, 0.29) is 5.91 Å². The Morgan fingerprint density at radius 3 is 2.45 bits per heavy atom. The van der Waals surface area contributed by atoms with E-state index in [1.54, 1.807) is 29.2 Å². The van der Waals surface area contributed by atoms with Gasteiger partial charge in [-0.25, -0.2) is 8.42 Å². The second kappa shape index (κ2) is 6.41.